The summed E-state index contributed by atoms with van der Waals surface area (Å²) in [7, 11) is 0. The Morgan fingerprint density at radius 3 is 2.56 bits per heavy atom. The molecule has 0 saturated heterocycles. The van der Waals surface area contributed by atoms with Crippen molar-refractivity contribution in [2.75, 3.05) is 0 Å². The molecule has 0 aliphatic carbocycles. The summed E-state index contributed by atoms with van der Waals surface area (Å²) < 4.78 is 36.7. The van der Waals surface area contributed by atoms with Gasteiger partial charge in [0, 0.05) is 6.20 Å². The molecule has 2 aromatic rings. The van der Waals surface area contributed by atoms with Gasteiger partial charge in [0.25, 0.3) is 0 Å². The second kappa shape index (κ2) is 3.99. The van der Waals surface area contributed by atoms with Crippen LogP contribution in [0, 0.1) is 0 Å². The van der Waals surface area contributed by atoms with Crippen LogP contribution in [0.15, 0.2) is 23.7 Å². The average molecular weight is 263 g/mol. The van der Waals surface area contributed by atoms with Gasteiger partial charge in [-0.1, -0.05) is 6.07 Å². The lowest BCUT2D eigenvalue weighted by Crippen LogP contribution is -2.03. The molecule has 0 unspecified atom stereocenters. The third-order valence-corrected chi connectivity index (χ3v) is 3.63. The van der Waals surface area contributed by atoms with E-state index in [-0.39, 0.29) is 4.88 Å². The number of ketones is 1. The van der Waals surface area contributed by atoms with Gasteiger partial charge in [-0.3, -0.25) is 4.79 Å². The molecule has 0 radical (unpaired) electrons. The van der Waals surface area contributed by atoms with Crippen molar-refractivity contribution < 1.29 is 18.0 Å². The van der Waals surface area contributed by atoms with Crippen LogP contribution >= 0.6 is 22.7 Å². The van der Waals surface area contributed by atoms with Gasteiger partial charge in [0.05, 0.1) is 9.75 Å². The van der Waals surface area contributed by atoms with Crippen LogP contribution in [0.3, 0.4) is 0 Å². The molecule has 0 N–H and O–H groups in total. The third kappa shape index (κ3) is 2.14. The average Bonchev–Trinajstić information content (AvgIpc) is 2.87. The van der Waals surface area contributed by atoms with Crippen LogP contribution < -0.4 is 0 Å². The Hall–Kier alpha value is -1.21. The van der Waals surface area contributed by atoms with Crippen molar-refractivity contribution in [2.24, 2.45) is 0 Å². The molecule has 7 heteroatoms. The first kappa shape index (κ1) is 11.3. The van der Waals surface area contributed by atoms with E-state index < -0.39 is 17.0 Å². The van der Waals surface area contributed by atoms with E-state index in [9.17, 15) is 18.0 Å². The van der Waals surface area contributed by atoms with Gasteiger partial charge in [-0.15, -0.1) is 22.7 Å². The number of nitrogens with zero attached hydrogens (tertiary/aromatic N) is 1. The quantitative estimate of drug-likeness (QED) is 0.777. The zero-order valence-corrected chi connectivity index (χ0v) is 9.25. The van der Waals surface area contributed by atoms with E-state index in [0.717, 1.165) is 6.20 Å². The highest BCUT2D eigenvalue weighted by molar-refractivity contribution is 7.16. The summed E-state index contributed by atoms with van der Waals surface area (Å²) in [5, 5.41) is 0.700. The van der Waals surface area contributed by atoms with Crippen molar-refractivity contribution in [3.63, 3.8) is 0 Å². The topological polar surface area (TPSA) is 30.0 Å². The van der Waals surface area contributed by atoms with Gasteiger partial charge in [-0.05, 0) is 11.4 Å². The third-order valence-electron chi connectivity index (χ3n) is 1.72. The van der Waals surface area contributed by atoms with Crippen LogP contribution in [-0.2, 0) is 6.18 Å². The van der Waals surface area contributed by atoms with Crippen molar-refractivity contribution in [3.05, 3.63) is 38.5 Å². The first-order valence-corrected chi connectivity index (χ1v) is 5.79. The lowest BCUT2D eigenvalue weighted by atomic mass is 10.3. The molecule has 0 bridgehead atoms. The van der Waals surface area contributed by atoms with Gasteiger partial charge < -0.3 is 0 Å². The van der Waals surface area contributed by atoms with Crippen LogP contribution in [0.4, 0.5) is 13.2 Å². The standard InChI is InChI=1S/C9H4F3NOS2/c10-9(11,12)8-13-4-6(16-8)7(14)5-2-1-3-15-5/h1-4H. The summed E-state index contributed by atoms with van der Waals surface area (Å²) in [6.45, 7) is 0. The number of carbonyl (C=O) groups is 1. The highest BCUT2D eigenvalue weighted by Gasteiger charge is 2.35. The molecular weight excluding hydrogens is 259 g/mol. The van der Waals surface area contributed by atoms with Crippen LogP contribution in [-0.4, -0.2) is 10.8 Å². The van der Waals surface area contributed by atoms with Crippen molar-refractivity contribution in [3.8, 4) is 0 Å². The van der Waals surface area contributed by atoms with E-state index in [4.69, 9.17) is 0 Å². The summed E-state index contributed by atoms with van der Waals surface area (Å²) in [5.41, 5.74) is 0. The largest absolute Gasteiger partial charge is 0.443 e. The molecule has 2 heterocycles. The summed E-state index contributed by atoms with van der Waals surface area (Å²) in [6, 6.07) is 3.24. The van der Waals surface area contributed by atoms with E-state index in [0.29, 0.717) is 16.2 Å². The van der Waals surface area contributed by atoms with Crippen molar-refractivity contribution in [2.45, 2.75) is 6.18 Å². The Bertz CT molecular complexity index is 501. The minimum Gasteiger partial charge on any atom is -0.287 e. The Labute approximate surface area is 96.4 Å². The number of hydrogen-bond acceptors (Lipinski definition) is 4. The van der Waals surface area contributed by atoms with E-state index in [1.54, 1.807) is 17.5 Å². The normalized spacial score (nSPS) is 11.7. The summed E-state index contributed by atoms with van der Waals surface area (Å²) >= 11 is 1.56. The fraction of sp³-hybridized carbons (Fsp3) is 0.111. The monoisotopic (exact) mass is 263 g/mol. The smallest absolute Gasteiger partial charge is 0.287 e. The second-order valence-electron chi connectivity index (χ2n) is 2.83. The summed E-state index contributed by atoms with van der Waals surface area (Å²) in [5.74, 6) is -0.414. The molecule has 0 amide bonds. The number of halogens is 3. The number of thiophene rings is 1. The Kier molecular flexibility index (Phi) is 2.81. The number of carbonyl (C=O) groups excluding carboxylic acids is 1. The number of alkyl halides is 3. The van der Waals surface area contributed by atoms with Gasteiger partial charge in [-0.25, -0.2) is 4.98 Å². The minimum atomic E-state index is -4.49. The number of hydrogen-bond donors (Lipinski definition) is 0. The Morgan fingerprint density at radius 2 is 2.06 bits per heavy atom. The molecule has 16 heavy (non-hydrogen) atoms. The molecule has 0 fully saturated rings. The lowest BCUT2D eigenvalue weighted by Gasteiger charge is -1.98. The lowest BCUT2D eigenvalue weighted by molar-refractivity contribution is -0.137. The van der Waals surface area contributed by atoms with Gasteiger partial charge in [-0.2, -0.15) is 13.2 Å². The molecule has 0 aromatic carbocycles. The fourth-order valence-electron chi connectivity index (χ4n) is 1.04. The predicted octanol–water partition coefficient (Wildman–Crippen LogP) is 3.45. The maximum absolute atomic E-state index is 12.2. The summed E-state index contributed by atoms with van der Waals surface area (Å²) in [4.78, 5) is 15.3. The number of rotatable bonds is 2. The zero-order valence-electron chi connectivity index (χ0n) is 7.62. The van der Waals surface area contributed by atoms with Crippen LogP contribution in [0.5, 0.6) is 0 Å². The van der Waals surface area contributed by atoms with Gasteiger partial charge in [0.2, 0.25) is 5.78 Å². The molecule has 2 nitrogen and oxygen atoms in total. The molecule has 0 saturated carbocycles. The van der Waals surface area contributed by atoms with E-state index >= 15 is 0 Å². The first-order valence-electron chi connectivity index (χ1n) is 4.09. The zero-order chi connectivity index (χ0) is 11.8. The predicted molar refractivity (Wildman–Crippen MR) is 54.9 cm³/mol. The second-order valence-corrected chi connectivity index (χ2v) is 4.81. The Balaban J connectivity index is 2.30. The van der Waals surface area contributed by atoms with Crippen LogP contribution in [0.1, 0.15) is 19.6 Å². The van der Waals surface area contributed by atoms with Gasteiger partial charge in [0.1, 0.15) is 0 Å². The first-order chi connectivity index (χ1) is 7.48. The SMILES string of the molecule is O=C(c1cccs1)c1cnc(C(F)(F)F)s1. The summed E-state index contributed by atoms with van der Waals surface area (Å²) in [6.07, 6.45) is -3.52. The van der Waals surface area contributed by atoms with Gasteiger partial charge in [0.15, 0.2) is 5.01 Å². The fourth-order valence-corrected chi connectivity index (χ4v) is 2.52. The van der Waals surface area contributed by atoms with Crippen molar-refractivity contribution in [1.29, 1.82) is 0 Å². The molecule has 0 spiro atoms. The van der Waals surface area contributed by atoms with Gasteiger partial charge >= 0.3 is 6.18 Å². The van der Waals surface area contributed by atoms with Crippen LogP contribution in [0.25, 0.3) is 0 Å². The van der Waals surface area contributed by atoms with E-state index in [1.165, 1.54) is 11.3 Å². The Morgan fingerprint density at radius 1 is 1.31 bits per heavy atom. The molecule has 84 valence electrons. The number of aromatic nitrogens is 1. The maximum atomic E-state index is 12.2. The molecule has 0 atom stereocenters. The van der Waals surface area contributed by atoms with E-state index in [1.807, 2.05) is 0 Å². The molecule has 0 aliphatic rings. The van der Waals surface area contributed by atoms with Crippen molar-refractivity contribution in [1.82, 2.24) is 4.98 Å². The molecule has 2 rings (SSSR count). The molecule has 0 aliphatic heterocycles. The molecular formula is C9H4F3NOS2. The van der Waals surface area contributed by atoms with E-state index in [2.05, 4.69) is 4.98 Å². The number of thiazole rings is 1. The molecule has 2 aromatic heterocycles. The van der Waals surface area contributed by atoms with Crippen molar-refractivity contribution >= 4 is 28.5 Å². The highest BCUT2D eigenvalue weighted by atomic mass is 32.1. The van der Waals surface area contributed by atoms with Crippen LogP contribution in [0.2, 0.25) is 0 Å². The minimum absolute atomic E-state index is 0.00905. The maximum Gasteiger partial charge on any atom is 0.443 e. The highest BCUT2D eigenvalue weighted by Crippen LogP contribution is 2.33.